The van der Waals surface area contributed by atoms with E-state index in [-0.39, 0.29) is 18.4 Å². The van der Waals surface area contributed by atoms with Crippen LogP contribution < -0.4 is 24.3 Å². The van der Waals surface area contributed by atoms with Gasteiger partial charge in [0.05, 0.1) is 12.1 Å². The number of anilines is 1. The van der Waals surface area contributed by atoms with E-state index in [0.717, 1.165) is 5.56 Å². The van der Waals surface area contributed by atoms with E-state index in [4.69, 9.17) is 30.5 Å². The molecule has 0 saturated carbocycles. The number of ether oxygens (including phenoxy) is 4. The van der Waals surface area contributed by atoms with E-state index in [0.29, 0.717) is 60.0 Å². The van der Waals surface area contributed by atoms with Gasteiger partial charge >= 0.3 is 0 Å². The molecule has 3 rings (SSSR count). The molecule has 9 heteroatoms. The quantitative estimate of drug-likeness (QED) is 0.552. The van der Waals surface area contributed by atoms with Crippen molar-refractivity contribution >= 4 is 35.2 Å². The number of hydrogen-bond acceptors (Lipinski definition) is 6. The smallest absolute Gasteiger partial charge is 0.260 e. The van der Waals surface area contributed by atoms with Crippen molar-refractivity contribution in [2.24, 2.45) is 0 Å². The summed E-state index contributed by atoms with van der Waals surface area (Å²) in [5.74, 6) is 1.58. The molecule has 2 aromatic carbocycles. The fourth-order valence-electron chi connectivity index (χ4n) is 3.25. The molecule has 1 aliphatic rings. The number of carbonyl (C=O) groups excluding carboxylic acids is 2. The number of methoxy groups -OCH3 is 1. The molecule has 1 N–H and O–H groups in total. The molecule has 2 amide bonds. The van der Waals surface area contributed by atoms with E-state index in [9.17, 15) is 9.59 Å². The van der Waals surface area contributed by atoms with Crippen molar-refractivity contribution in [1.29, 1.82) is 0 Å². The van der Waals surface area contributed by atoms with Crippen molar-refractivity contribution in [1.82, 2.24) is 4.90 Å². The summed E-state index contributed by atoms with van der Waals surface area (Å²) in [6, 6.07) is 8.38. The van der Waals surface area contributed by atoms with Gasteiger partial charge in [-0.25, -0.2) is 0 Å². The monoisotopic (exact) mass is 474 g/mol. The molecular formula is C24H27ClN2O6. The predicted octanol–water partition coefficient (Wildman–Crippen LogP) is 4.02. The minimum absolute atomic E-state index is 0.102. The second kappa shape index (κ2) is 11.5. The molecule has 1 aliphatic heterocycles. The number of halogens is 1. The molecule has 33 heavy (non-hydrogen) atoms. The van der Waals surface area contributed by atoms with Crippen molar-refractivity contribution in [2.75, 3.05) is 45.3 Å². The lowest BCUT2D eigenvalue weighted by Gasteiger charge is -2.20. The third kappa shape index (κ3) is 6.32. The summed E-state index contributed by atoms with van der Waals surface area (Å²) in [4.78, 5) is 26.1. The van der Waals surface area contributed by atoms with Gasteiger partial charge in [0.25, 0.3) is 5.91 Å². The topological polar surface area (TPSA) is 86.3 Å². The van der Waals surface area contributed by atoms with Gasteiger partial charge in [-0.2, -0.15) is 0 Å². The van der Waals surface area contributed by atoms with Crippen LogP contribution in [-0.2, 0) is 9.59 Å². The van der Waals surface area contributed by atoms with E-state index >= 15 is 0 Å². The molecular weight excluding hydrogens is 448 g/mol. The van der Waals surface area contributed by atoms with Crippen molar-refractivity contribution in [3.63, 3.8) is 0 Å². The van der Waals surface area contributed by atoms with Crippen LogP contribution in [0.25, 0.3) is 6.08 Å². The second-order valence-corrected chi connectivity index (χ2v) is 7.48. The van der Waals surface area contributed by atoms with Crippen molar-refractivity contribution in [3.05, 3.63) is 47.0 Å². The molecule has 2 aromatic rings. The van der Waals surface area contributed by atoms with Crippen molar-refractivity contribution in [3.8, 4) is 23.0 Å². The van der Waals surface area contributed by atoms with Crippen LogP contribution in [0.3, 0.4) is 0 Å². The summed E-state index contributed by atoms with van der Waals surface area (Å²) < 4.78 is 22.1. The lowest BCUT2D eigenvalue weighted by molar-refractivity contribution is -0.133. The predicted molar refractivity (Wildman–Crippen MR) is 127 cm³/mol. The fourth-order valence-corrected chi connectivity index (χ4v) is 3.48. The number of amides is 2. The lowest BCUT2D eigenvalue weighted by Crippen LogP contribution is -2.34. The van der Waals surface area contributed by atoms with Gasteiger partial charge in [0, 0.05) is 24.9 Å². The Bertz CT molecular complexity index is 1020. The van der Waals surface area contributed by atoms with E-state index in [2.05, 4.69) is 5.32 Å². The van der Waals surface area contributed by atoms with E-state index < -0.39 is 0 Å². The van der Waals surface area contributed by atoms with Crippen LogP contribution in [0.1, 0.15) is 19.4 Å². The highest BCUT2D eigenvalue weighted by atomic mass is 35.5. The summed E-state index contributed by atoms with van der Waals surface area (Å²) in [5, 5.41) is 3.04. The Kier molecular flexibility index (Phi) is 8.43. The standard InChI is InChI=1S/C24H27ClN2O6/c1-4-27(5-2)23(29)15-33-19-8-7-17(14-18(19)25)26-22(28)9-6-16-12-20(30-3)24-21(13-16)31-10-11-32-24/h6-9,12-14H,4-5,10-11,15H2,1-3H3,(H,26,28)/b9-6+. The maximum absolute atomic E-state index is 12.4. The average molecular weight is 475 g/mol. The summed E-state index contributed by atoms with van der Waals surface area (Å²) in [7, 11) is 1.55. The fraction of sp³-hybridized carbons (Fsp3) is 0.333. The Morgan fingerprint density at radius 3 is 2.58 bits per heavy atom. The molecule has 1 heterocycles. The van der Waals surface area contributed by atoms with Gasteiger partial charge in [0.2, 0.25) is 11.7 Å². The normalized spacial score (nSPS) is 12.4. The van der Waals surface area contributed by atoms with Gasteiger partial charge in [-0.3, -0.25) is 9.59 Å². The first-order chi connectivity index (χ1) is 15.9. The van der Waals surface area contributed by atoms with Crippen molar-refractivity contribution in [2.45, 2.75) is 13.8 Å². The zero-order valence-corrected chi connectivity index (χ0v) is 19.6. The largest absolute Gasteiger partial charge is 0.493 e. The van der Waals surface area contributed by atoms with Crippen LogP contribution in [0.4, 0.5) is 5.69 Å². The number of benzene rings is 2. The number of nitrogens with one attached hydrogen (secondary N) is 1. The summed E-state index contributed by atoms with van der Waals surface area (Å²) in [6.45, 7) is 5.85. The minimum atomic E-state index is -0.342. The summed E-state index contributed by atoms with van der Waals surface area (Å²) >= 11 is 6.26. The third-order valence-electron chi connectivity index (χ3n) is 4.94. The van der Waals surface area contributed by atoms with Crippen molar-refractivity contribution < 1.29 is 28.5 Å². The highest BCUT2D eigenvalue weighted by Crippen LogP contribution is 2.40. The Balaban J connectivity index is 1.61. The van der Waals surface area contributed by atoms with Gasteiger partial charge < -0.3 is 29.2 Å². The molecule has 0 saturated heterocycles. The molecule has 0 unspecified atom stereocenters. The summed E-state index contributed by atoms with van der Waals surface area (Å²) in [5.41, 5.74) is 1.22. The van der Waals surface area contributed by atoms with E-state index in [1.807, 2.05) is 13.8 Å². The second-order valence-electron chi connectivity index (χ2n) is 7.07. The Hall–Kier alpha value is -3.39. The number of fused-ring (bicyclic) bond motifs is 1. The maximum Gasteiger partial charge on any atom is 0.260 e. The Labute approximate surface area is 198 Å². The average Bonchev–Trinajstić information content (AvgIpc) is 2.82. The SMILES string of the molecule is CCN(CC)C(=O)COc1ccc(NC(=O)/C=C/c2cc(OC)c3c(c2)OCCO3)cc1Cl. The zero-order valence-electron chi connectivity index (χ0n) is 18.9. The van der Waals surface area contributed by atoms with Gasteiger partial charge in [-0.1, -0.05) is 11.6 Å². The van der Waals surface area contributed by atoms with Crippen LogP contribution in [-0.4, -0.2) is 56.7 Å². The minimum Gasteiger partial charge on any atom is -0.493 e. The number of nitrogens with zero attached hydrogens (tertiary/aromatic N) is 1. The number of likely N-dealkylation sites (N-methyl/N-ethyl adjacent to an activating group) is 1. The number of carbonyl (C=O) groups is 2. The van der Waals surface area contributed by atoms with E-state index in [1.165, 1.54) is 6.08 Å². The van der Waals surface area contributed by atoms with E-state index in [1.54, 1.807) is 48.4 Å². The third-order valence-corrected chi connectivity index (χ3v) is 5.24. The molecule has 0 spiro atoms. The highest BCUT2D eigenvalue weighted by Gasteiger charge is 2.18. The van der Waals surface area contributed by atoms with Crippen LogP contribution >= 0.6 is 11.6 Å². The zero-order chi connectivity index (χ0) is 23.8. The first-order valence-corrected chi connectivity index (χ1v) is 11.0. The molecule has 0 fully saturated rings. The summed E-state index contributed by atoms with van der Waals surface area (Å²) in [6.07, 6.45) is 3.04. The highest BCUT2D eigenvalue weighted by molar-refractivity contribution is 6.32. The maximum atomic E-state index is 12.4. The van der Waals surface area contributed by atoms with Crippen LogP contribution in [0.2, 0.25) is 5.02 Å². The molecule has 0 radical (unpaired) electrons. The molecule has 176 valence electrons. The van der Waals surface area contributed by atoms with Crippen LogP contribution in [0, 0.1) is 0 Å². The first-order valence-electron chi connectivity index (χ1n) is 10.6. The van der Waals surface area contributed by atoms with Gasteiger partial charge in [-0.15, -0.1) is 0 Å². The Morgan fingerprint density at radius 1 is 1.12 bits per heavy atom. The number of hydrogen-bond donors (Lipinski definition) is 1. The van der Waals surface area contributed by atoms with Gasteiger partial charge in [0.15, 0.2) is 18.1 Å². The van der Waals surface area contributed by atoms with Gasteiger partial charge in [-0.05, 0) is 55.8 Å². The number of rotatable bonds is 9. The first kappa shape index (κ1) is 24.3. The molecule has 0 bridgehead atoms. The molecule has 8 nitrogen and oxygen atoms in total. The molecule has 0 aliphatic carbocycles. The molecule has 0 aromatic heterocycles. The van der Waals surface area contributed by atoms with Crippen LogP contribution in [0.5, 0.6) is 23.0 Å². The molecule has 0 atom stereocenters. The lowest BCUT2D eigenvalue weighted by atomic mass is 10.1. The Morgan fingerprint density at radius 2 is 1.88 bits per heavy atom. The van der Waals surface area contributed by atoms with Gasteiger partial charge in [0.1, 0.15) is 19.0 Å². The van der Waals surface area contributed by atoms with Crippen LogP contribution in [0.15, 0.2) is 36.4 Å².